The van der Waals surface area contributed by atoms with Crippen molar-refractivity contribution in [3.8, 4) is 11.3 Å². The molecule has 21 heavy (non-hydrogen) atoms. The van der Waals surface area contributed by atoms with Crippen molar-refractivity contribution in [3.63, 3.8) is 0 Å². The fraction of sp³-hybridized carbons (Fsp3) is 0.412. The maximum atomic E-state index is 5.65. The minimum absolute atomic E-state index is 0.0959. The molecule has 2 aromatic rings. The lowest BCUT2D eigenvalue weighted by Crippen LogP contribution is -2.17. The molecular formula is C17H20N2O2. The molecule has 0 spiro atoms. The Hall–Kier alpha value is -2.10. The number of hydrogen-bond donors (Lipinski definition) is 0. The fourth-order valence-corrected chi connectivity index (χ4v) is 2.53. The summed E-state index contributed by atoms with van der Waals surface area (Å²) in [5.74, 6) is 1.70. The van der Waals surface area contributed by atoms with E-state index in [2.05, 4.69) is 24.0 Å². The first-order valence-corrected chi connectivity index (χ1v) is 7.27. The standard InChI is InChI=1S/C17H20N2O2/c1-12-14(9-10-15-18-17(2,3)11-20-15)16(19-21-12)13-7-5-4-6-8-13/h4-8H,9-11H2,1-3H3. The van der Waals surface area contributed by atoms with Crippen molar-refractivity contribution in [2.24, 2.45) is 4.99 Å². The molecule has 0 saturated heterocycles. The monoisotopic (exact) mass is 284 g/mol. The number of aryl methyl sites for hydroxylation is 1. The smallest absolute Gasteiger partial charge is 0.184 e. The van der Waals surface area contributed by atoms with Crippen LogP contribution in [0.4, 0.5) is 0 Å². The van der Waals surface area contributed by atoms with Gasteiger partial charge in [-0.25, -0.2) is 4.99 Å². The molecule has 0 bridgehead atoms. The summed E-state index contributed by atoms with van der Waals surface area (Å²) in [6, 6.07) is 10.1. The second-order valence-electron chi connectivity index (χ2n) is 6.04. The Morgan fingerprint density at radius 3 is 2.57 bits per heavy atom. The van der Waals surface area contributed by atoms with Gasteiger partial charge in [-0.3, -0.25) is 0 Å². The van der Waals surface area contributed by atoms with Crippen LogP contribution in [0.3, 0.4) is 0 Å². The lowest BCUT2D eigenvalue weighted by molar-refractivity contribution is 0.274. The van der Waals surface area contributed by atoms with E-state index < -0.39 is 0 Å². The molecule has 0 fully saturated rings. The van der Waals surface area contributed by atoms with Crippen LogP contribution in [0.5, 0.6) is 0 Å². The van der Waals surface area contributed by atoms with Gasteiger partial charge in [-0.05, 0) is 27.2 Å². The van der Waals surface area contributed by atoms with Crippen LogP contribution in [0.15, 0.2) is 39.8 Å². The van der Waals surface area contributed by atoms with E-state index in [1.807, 2.05) is 37.3 Å². The van der Waals surface area contributed by atoms with E-state index in [1.54, 1.807) is 0 Å². The highest BCUT2D eigenvalue weighted by molar-refractivity contribution is 5.79. The zero-order valence-electron chi connectivity index (χ0n) is 12.7. The zero-order chi connectivity index (χ0) is 14.9. The lowest BCUT2D eigenvalue weighted by atomic mass is 10.0. The number of aliphatic imine (C=N–C) groups is 1. The molecule has 1 aliphatic rings. The van der Waals surface area contributed by atoms with E-state index in [9.17, 15) is 0 Å². The summed E-state index contributed by atoms with van der Waals surface area (Å²) in [6.07, 6.45) is 1.61. The Kier molecular flexibility index (Phi) is 3.53. The zero-order valence-corrected chi connectivity index (χ0v) is 12.7. The third-order valence-corrected chi connectivity index (χ3v) is 3.64. The molecule has 0 radical (unpaired) electrons. The molecule has 4 heteroatoms. The molecule has 110 valence electrons. The van der Waals surface area contributed by atoms with Crippen molar-refractivity contribution in [2.45, 2.75) is 39.2 Å². The number of rotatable bonds is 4. The molecule has 0 N–H and O–H groups in total. The summed E-state index contributed by atoms with van der Waals surface area (Å²) in [5, 5.41) is 4.20. The lowest BCUT2D eigenvalue weighted by Gasteiger charge is -2.07. The van der Waals surface area contributed by atoms with Gasteiger partial charge in [-0.1, -0.05) is 35.5 Å². The summed E-state index contributed by atoms with van der Waals surface area (Å²) in [6.45, 7) is 6.78. The van der Waals surface area contributed by atoms with Crippen LogP contribution in [-0.4, -0.2) is 23.2 Å². The Bertz CT molecular complexity index is 657. The second kappa shape index (κ2) is 5.35. The van der Waals surface area contributed by atoms with E-state index in [0.717, 1.165) is 41.3 Å². The molecule has 1 aliphatic heterocycles. The van der Waals surface area contributed by atoms with Crippen molar-refractivity contribution in [3.05, 3.63) is 41.7 Å². The van der Waals surface area contributed by atoms with Crippen molar-refractivity contribution in [2.75, 3.05) is 6.61 Å². The Morgan fingerprint density at radius 2 is 1.90 bits per heavy atom. The van der Waals surface area contributed by atoms with Gasteiger partial charge < -0.3 is 9.26 Å². The average molecular weight is 284 g/mol. The third-order valence-electron chi connectivity index (χ3n) is 3.64. The topological polar surface area (TPSA) is 47.6 Å². The van der Waals surface area contributed by atoms with E-state index in [0.29, 0.717) is 6.61 Å². The summed E-state index contributed by atoms with van der Waals surface area (Å²) < 4.78 is 11.0. The molecular weight excluding hydrogens is 264 g/mol. The number of hydrogen-bond acceptors (Lipinski definition) is 4. The van der Waals surface area contributed by atoms with Crippen LogP contribution < -0.4 is 0 Å². The van der Waals surface area contributed by atoms with Gasteiger partial charge in [0, 0.05) is 17.5 Å². The van der Waals surface area contributed by atoms with Crippen molar-refractivity contribution in [1.29, 1.82) is 0 Å². The molecule has 0 amide bonds. The molecule has 1 aromatic carbocycles. The summed E-state index contributed by atoms with van der Waals surface area (Å²) in [4.78, 5) is 4.60. The van der Waals surface area contributed by atoms with Crippen molar-refractivity contribution in [1.82, 2.24) is 5.16 Å². The van der Waals surface area contributed by atoms with Crippen molar-refractivity contribution < 1.29 is 9.26 Å². The van der Waals surface area contributed by atoms with Crippen LogP contribution in [0, 0.1) is 6.92 Å². The normalized spacial score (nSPS) is 16.6. The van der Waals surface area contributed by atoms with Crippen LogP contribution in [0.2, 0.25) is 0 Å². The number of ether oxygens (including phenoxy) is 1. The van der Waals surface area contributed by atoms with Gasteiger partial charge in [-0.15, -0.1) is 0 Å². The number of nitrogens with zero attached hydrogens (tertiary/aromatic N) is 2. The minimum atomic E-state index is -0.0959. The molecule has 0 aliphatic carbocycles. The highest BCUT2D eigenvalue weighted by Gasteiger charge is 2.26. The summed E-state index contributed by atoms with van der Waals surface area (Å²) in [5.41, 5.74) is 3.04. The highest BCUT2D eigenvalue weighted by Crippen LogP contribution is 2.27. The Morgan fingerprint density at radius 1 is 1.14 bits per heavy atom. The fourth-order valence-electron chi connectivity index (χ4n) is 2.53. The van der Waals surface area contributed by atoms with Crippen LogP contribution >= 0.6 is 0 Å². The number of benzene rings is 1. The van der Waals surface area contributed by atoms with Crippen LogP contribution in [-0.2, 0) is 11.2 Å². The molecule has 3 rings (SSSR count). The van der Waals surface area contributed by atoms with Gasteiger partial charge in [0.2, 0.25) is 0 Å². The van der Waals surface area contributed by atoms with E-state index in [1.165, 1.54) is 0 Å². The maximum Gasteiger partial charge on any atom is 0.184 e. The first-order chi connectivity index (χ1) is 10.1. The van der Waals surface area contributed by atoms with Crippen LogP contribution in [0.1, 0.15) is 31.6 Å². The Balaban J connectivity index is 1.79. The molecule has 0 atom stereocenters. The quantitative estimate of drug-likeness (QED) is 0.858. The maximum absolute atomic E-state index is 5.65. The van der Waals surface area contributed by atoms with E-state index in [4.69, 9.17) is 9.26 Å². The summed E-state index contributed by atoms with van der Waals surface area (Å²) >= 11 is 0. The van der Waals surface area contributed by atoms with Crippen molar-refractivity contribution >= 4 is 5.90 Å². The molecule has 4 nitrogen and oxygen atoms in total. The van der Waals surface area contributed by atoms with Crippen LogP contribution in [0.25, 0.3) is 11.3 Å². The van der Waals surface area contributed by atoms with Gasteiger partial charge in [0.25, 0.3) is 0 Å². The van der Waals surface area contributed by atoms with Gasteiger partial charge in [0.05, 0.1) is 5.54 Å². The average Bonchev–Trinajstić information content (AvgIpc) is 3.00. The van der Waals surface area contributed by atoms with Gasteiger partial charge in [0.1, 0.15) is 18.1 Å². The molecule has 0 unspecified atom stereocenters. The Labute approximate surface area is 124 Å². The first-order valence-electron chi connectivity index (χ1n) is 7.27. The van der Waals surface area contributed by atoms with E-state index in [-0.39, 0.29) is 5.54 Å². The third kappa shape index (κ3) is 2.99. The first kappa shape index (κ1) is 13.9. The van der Waals surface area contributed by atoms with Gasteiger partial charge in [0.15, 0.2) is 5.90 Å². The van der Waals surface area contributed by atoms with E-state index >= 15 is 0 Å². The second-order valence-corrected chi connectivity index (χ2v) is 6.04. The summed E-state index contributed by atoms with van der Waals surface area (Å²) in [7, 11) is 0. The molecule has 1 aromatic heterocycles. The predicted molar refractivity (Wildman–Crippen MR) is 82.5 cm³/mol. The predicted octanol–water partition coefficient (Wildman–Crippen LogP) is 3.79. The SMILES string of the molecule is Cc1onc(-c2ccccc2)c1CCC1=NC(C)(C)CO1. The minimum Gasteiger partial charge on any atom is -0.478 e. The largest absolute Gasteiger partial charge is 0.478 e. The molecule has 2 heterocycles. The van der Waals surface area contributed by atoms with Gasteiger partial charge >= 0.3 is 0 Å². The molecule has 0 saturated carbocycles. The van der Waals surface area contributed by atoms with Gasteiger partial charge in [-0.2, -0.15) is 0 Å². The number of aromatic nitrogens is 1. The highest BCUT2D eigenvalue weighted by atomic mass is 16.5.